The van der Waals surface area contributed by atoms with E-state index in [0.29, 0.717) is 5.75 Å². The van der Waals surface area contributed by atoms with Crippen molar-refractivity contribution in [2.45, 2.75) is 6.92 Å². The third-order valence-corrected chi connectivity index (χ3v) is 2.68. The third-order valence-electron chi connectivity index (χ3n) is 1.91. The predicted octanol–water partition coefficient (Wildman–Crippen LogP) is 3.17. The van der Waals surface area contributed by atoms with Crippen molar-refractivity contribution in [3.8, 4) is 0 Å². The molecule has 7 heteroatoms. The number of carbonyl (C=O) groups excluding carboxylic acids is 1. The van der Waals surface area contributed by atoms with Gasteiger partial charge in [-0.1, -0.05) is 23.9 Å². The summed E-state index contributed by atoms with van der Waals surface area (Å²) in [7, 11) is 0. The number of hydrogen-bond acceptors (Lipinski definition) is 4. The van der Waals surface area contributed by atoms with Crippen LogP contribution in [0.5, 0.6) is 0 Å². The maximum atomic E-state index is 13.2. The zero-order valence-corrected chi connectivity index (χ0v) is 10.2. The molecule has 18 heavy (non-hydrogen) atoms. The van der Waals surface area contributed by atoms with Crippen molar-refractivity contribution in [1.29, 1.82) is 0 Å². The van der Waals surface area contributed by atoms with Crippen LogP contribution in [0.3, 0.4) is 0 Å². The lowest BCUT2D eigenvalue weighted by atomic mass is 10.2. The van der Waals surface area contributed by atoms with Gasteiger partial charge in [0.25, 0.3) is 0 Å². The fourth-order valence-corrected chi connectivity index (χ4v) is 1.63. The quantitative estimate of drug-likeness (QED) is 0.624. The van der Waals surface area contributed by atoms with Gasteiger partial charge in [0.05, 0.1) is 4.92 Å². The van der Waals surface area contributed by atoms with Gasteiger partial charge in [0.15, 0.2) is 5.12 Å². The molecule has 1 aromatic carbocycles. The van der Waals surface area contributed by atoms with E-state index in [2.05, 4.69) is 0 Å². The fraction of sp³-hybridized carbons (Fsp3) is 0.182. The number of nitrogens with zero attached hydrogens (tertiary/aromatic N) is 1. The number of nitro groups is 1. The maximum absolute atomic E-state index is 13.2. The Morgan fingerprint density at radius 3 is 2.44 bits per heavy atom. The molecule has 1 aromatic rings. The highest BCUT2D eigenvalue weighted by Crippen LogP contribution is 2.23. The smallest absolute Gasteiger partial charge is 0.288 e. The first-order valence-corrected chi connectivity index (χ1v) is 5.83. The number of rotatable bonds is 4. The summed E-state index contributed by atoms with van der Waals surface area (Å²) in [5.74, 6) is -2.08. The van der Waals surface area contributed by atoms with Gasteiger partial charge in [0.1, 0.15) is 0 Å². The Morgan fingerprint density at radius 1 is 1.44 bits per heavy atom. The maximum Gasteiger partial charge on any atom is 0.340 e. The number of halogens is 2. The first-order valence-electron chi connectivity index (χ1n) is 4.85. The van der Waals surface area contributed by atoms with Gasteiger partial charge < -0.3 is 0 Å². The van der Waals surface area contributed by atoms with Crippen LogP contribution in [0.15, 0.2) is 18.2 Å². The van der Waals surface area contributed by atoms with E-state index in [1.54, 1.807) is 6.08 Å². The Kier molecular flexibility index (Phi) is 4.96. The van der Waals surface area contributed by atoms with Gasteiger partial charge in [-0.25, -0.2) is 0 Å². The lowest BCUT2D eigenvalue weighted by Crippen LogP contribution is -1.97. The molecule has 0 saturated heterocycles. The molecule has 0 unspecified atom stereocenters. The summed E-state index contributed by atoms with van der Waals surface area (Å²) < 4.78 is 26.4. The van der Waals surface area contributed by atoms with Crippen LogP contribution in [-0.2, 0) is 4.79 Å². The lowest BCUT2D eigenvalue weighted by Gasteiger charge is -1.98. The second-order valence-corrected chi connectivity index (χ2v) is 4.49. The van der Waals surface area contributed by atoms with Crippen molar-refractivity contribution in [1.82, 2.24) is 0 Å². The van der Waals surface area contributed by atoms with E-state index in [4.69, 9.17) is 0 Å². The van der Waals surface area contributed by atoms with Crippen LogP contribution < -0.4 is 0 Å². The van der Waals surface area contributed by atoms with Gasteiger partial charge in [0, 0.05) is 12.7 Å². The van der Waals surface area contributed by atoms with Crippen molar-refractivity contribution in [2.24, 2.45) is 0 Å². The van der Waals surface area contributed by atoms with Gasteiger partial charge in [-0.3, -0.25) is 14.9 Å². The summed E-state index contributed by atoms with van der Waals surface area (Å²) in [6, 6.07) is 1.74. The van der Waals surface area contributed by atoms with Gasteiger partial charge in [-0.2, -0.15) is 8.78 Å². The summed E-state index contributed by atoms with van der Waals surface area (Å²) in [5.41, 5.74) is -0.995. The predicted molar refractivity (Wildman–Crippen MR) is 65.2 cm³/mol. The highest BCUT2D eigenvalue weighted by molar-refractivity contribution is 8.13. The minimum absolute atomic E-state index is 0.0688. The molecule has 0 radical (unpaired) electrons. The number of benzene rings is 1. The molecule has 0 aliphatic carbocycles. The molecule has 0 amide bonds. The zero-order chi connectivity index (χ0) is 13.7. The lowest BCUT2D eigenvalue weighted by molar-refractivity contribution is -0.390. The zero-order valence-electron chi connectivity index (χ0n) is 9.35. The molecule has 0 atom stereocenters. The number of thioether (sulfide) groups is 1. The van der Waals surface area contributed by atoms with Crippen LogP contribution in [0.25, 0.3) is 6.08 Å². The third kappa shape index (κ3) is 3.92. The van der Waals surface area contributed by atoms with E-state index in [1.165, 1.54) is 13.0 Å². The molecule has 0 aliphatic rings. The second kappa shape index (κ2) is 6.25. The van der Waals surface area contributed by atoms with Crippen molar-refractivity contribution < 1.29 is 18.5 Å². The second-order valence-electron chi connectivity index (χ2n) is 3.30. The fourth-order valence-electron chi connectivity index (χ4n) is 1.21. The summed E-state index contributed by atoms with van der Waals surface area (Å²) in [4.78, 5) is 19.9. The van der Waals surface area contributed by atoms with E-state index in [1.807, 2.05) is 0 Å². The summed E-state index contributed by atoms with van der Waals surface area (Å²) in [5, 5.41) is 10.3. The molecule has 0 N–H and O–H groups in total. The van der Waals surface area contributed by atoms with E-state index in [9.17, 15) is 23.7 Å². The molecule has 4 nitrogen and oxygen atoms in total. The standard InChI is InChI=1S/C11H9F2NO3S/c1-7(15)18-4-2-3-8-5-9(12)11(14(16)17)10(13)6-8/h2-3,5-6H,4H2,1H3. The van der Waals surface area contributed by atoms with Gasteiger partial charge in [-0.05, 0) is 17.7 Å². The van der Waals surface area contributed by atoms with Gasteiger partial charge in [-0.15, -0.1) is 0 Å². The summed E-state index contributed by atoms with van der Waals surface area (Å²) in [6.07, 6.45) is 2.94. The van der Waals surface area contributed by atoms with Crippen LogP contribution in [0, 0.1) is 21.7 Å². The molecule has 0 aliphatic heterocycles. The van der Waals surface area contributed by atoms with Gasteiger partial charge >= 0.3 is 5.69 Å². The first kappa shape index (κ1) is 14.3. The number of hydrogen-bond donors (Lipinski definition) is 0. The average molecular weight is 273 g/mol. The molecular formula is C11H9F2NO3S. The Labute approximate surface area is 106 Å². The Morgan fingerprint density at radius 2 is 2.00 bits per heavy atom. The molecule has 0 fully saturated rings. The topological polar surface area (TPSA) is 60.2 Å². The van der Waals surface area contributed by atoms with E-state index < -0.39 is 22.2 Å². The number of carbonyl (C=O) groups is 1. The van der Waals surface area contributed by atoms with Crippen LogP contribution in [0.4, 0.5) is 14.5 Å². The SMILES string of the molecule is CC(=O)SCC=Cc1cc(F)c([N+](=O)[O-])c(F)c1. The van der Waals surface area contributed by atoms with Crippen LogP contribution in [0.2, 0.25) is 0 Å². The summed E-state index contributed by atoms with van der Waals surface area (Å²) in [6.45, 7) is 1.41. The van der Waals surface area contributed by atoms with Crippen LogP contribution in [-0.4, -0.2) is 15.8 Å². The van der Waals surface area contributed by atoms with E-state index in [0.717, 1.165) is 23.9 Å². The van der Waals surface area contributed by atoms with Crippen molar-refractivity contribution in [3.63, 3.8) is 0 Å². The molecule has 0 saturated carbocycles. The molecular weight excluding hydrogens is 264 g/mol. The van der Waals surface area contributed by atoms with Crippen LogP contribution in [0.1, 0.15) is 12.5 Å². The Hall–Kier alpha value is -1.76. The largest absolute Gasteiger partial charge is 0.340 e. The monoisotopic (exact) mass is 273 g/mol. The normalized spacial score (nSPS) is 10.8. The first-order chi connectivity index (χ1) is 8.41. The molecule has 0 aromatic heterocycles. The Balaban J connectivity index is 2.87. The number of nitro benzene ring substituents is 1. The van der Waals surface area contributed by atoms with Gasteiger partial charge in [0.2, 0.25) is 11.6 Å². The average Bonchev–Trinajstić information content (AvgIpc) is 2.22. The molecule has 0 heterocycles. The molecule has 1 rings (SSSR count). The summed E-state index contributed by atoms with van der Waals surface area (Å²) >= 11 is 1.05. The Bertz CT molecular complexity index is 494. The molecule has 96 valence electrons. The van der Waals surface area contributed by atoms with Crippen molar-refractivity contribution >= 4 is 28.6 Å². The minimum Gasteiger partial charge on any atom is -0.288 e. The van der Waals surface area contributed by atoms with E-state index in [-0.39, 0.29) is 10.7 Å². The van der Waals surface area contributed by atoms with E-state index >= 15 is 0 Å². The van der Waals surface area contributed by atoms with Crippen LogP contribution >= 0.6 is 11.8 Å². The highest BCUT2D eigenvalue weighted by Gasteiger charge is 2.21. The van der Waals surface area contributed by atoms with Crippen molar-refractivity contribution in [3.05, 3.63) is 45.5 Å². The minimum atomic E-state index is -1.22. The molecule has 0 spiro atoms. The van der Waals surface area contributed by atoms with Crippen molar-refractivity contribution in [2.75, 3.05) is 5.75 Å². The molecule has 0 bridgehead atoms. The highest BCUT2D eigenvalue weighted by atomic mass is 32.2.